The summed E-state index contributed by atoms with van der Waals surface area (Å²) in [7, 11) is 0. The normalized spacial score (nSPS) is 28.8. The first-order chi connectivity index (χ1) is 12.7. The maximum Gasteiger partial charge on any atom is 0.184 e. The number of hydrogen-bond acceptors (Lipinski definition) is 6. The quantitative estimate of drug-likeness (QED) is 0.688. The Balaban J connectivity index is 1.71. The van der Waals surface area contributed by atoms with Gasteiger partial charge in [-0.15, -0.1) is 0 Å². The van der Waals surface area contributed by atoms with Crippen molar-refractivity contribution in [2.75, 3.05) is 6.61 Å². The predicted molar refractivity (Wildman–Crippen MR) is 94.0 cm³/mol. The van der Waals surface area contributed by atoms with Gasteiger partial charge in [0.15, 0.2) is 6.29 Å². The van der Waals surface area contributed by atoms with Crippen LogP contribution in [-0.2, 0) is 27.4 Å². The minimum Gasteiger partial charge on any atom is -0.394 e. The summed E-state index contributed by atoms with van der Waals surface area (Å²) < 4.78 is 17.1. The number of aliphatic hydroxyl groups is 3. The molecule has 3 N–H and O–H groups in total. The number of hydrogen-bond donors (Lipinski definition) is 3. The van der Waals surface area contributed by atoms with Crippen LogP contribution < -0.4 is 0 Å². The molecular weight excluding hydrogens is 336 g/mol. The van der Waals surface area contributed by atoms with Crippen LogP contribution >= 0.6 is 0 Å². The van der Waals surface area contributed by atoms with E-state index in [9.17, 15) is 15.3 Å². The zero-order chi connectivity index (χ0) is 18.4. The molecule has 1 saturated heterocycles. The highest BCUT2D eigenvalue weighted by Gasteiger charge is 2.46. The zero-order valence-electron chi connectivity index (χ0n) is 14.3. The molecule has 2 aromatic carbocycles. The SMILES string of the molecule is OC[C@H]1O[C@@H](O)[C@@H](O)[C@@H](OCc2ccccc2)[C@H]1OCc1ccccc1. The molecule has 0 saturated carbocycles. The lowest BCUT2D eigenvalue weighted by atomic mass is 9.98. The molecule has 1 fully saturated rings. The van der Waals surface area contributed by atoms with Crippen LogP contribution in [0.25, 0.3) is 0 Å². The van der Waals surface area contributed by atoms with Crippen LogP contribution in [0.3, 0.4) is 0 Å². The molecular formula is C20H24O6. The van der Waals surface area contributed by atoms with Gasteiger partial charge in [0.05, 0.1) is 19.8 Å². The van der Waals surface area contributed by atoms with E-state index in [0.717, 1.165) is 11.1 Å². The van der Waals surface area contributed by atoms with E-state index >= 15 is 0 Å². The summed E-state index contributed by atoms with van der Waals surface area (Å²) in [6.07, 6.45) is -5.06. The highest BCUT2D eigenvalue weighted by molar-refractivity contribution is 5.14. The first-order valence-electron chi connectivity index (χ1n) is 8.62. The summed E-state index contributed by atoms with van der Waals surface area (Å²) >= 11 is 0. The summed E-state index contributed by atoms with van der Waals surface area (Å²) in [6.45, 7) is 0.173. The van der Waals surface area contributed by atoms with Gasteiger partial charge in [0.1, 0.15) is 24.4 Å². The molecule has 1 aliphatic heterocycles. The molecule has 2 aromatic rings. The summed E-state index contributed by atoms with van der Waals surface area (Å²) in [4.78, 5) is 0. The lowest BCUT2D eigenvalue weighted by molar-refractivity contribution is -0.305. The zero-order valence-corrected chi connectivity index (χ0v) is 14.3. The first kappa shape index (κ1) is 19.0. The molecule has 0 bridgehead atoms. The predicted octanol–water partition coefficient (Wildman–Crippen LogP) is 1.23. The van der Waals surface area contributed by atoms with Crippen molar-refractivity contribution in [3.63, 3.8) is 0 Å². The molecule has 0 aliphatic carbocycles. The van der Waals surface area contributed by atoms with E-state index in [4.69, 9.17) is 14.2 Å². The van der Waals surface area contributed by atoms with Gasteiger partial charge in [0.25, 0.3) is 0 Å². The molecule has 6 nitrogen and oxygen atoms in total. The Hall–Kier alpha value is -1.80. The largest absolute Gasteiger partial charge is 0.394 e. The Morgan fingerprint density at radius 2 is 1.27 bits per heavy atom. The summed E-state index contributed by atoms with van der Waals surface area (Å²) in [5.41, 5.74) is 1.88. The molecule has 0 radical (unpaired) electrons. The molecule has 0 amide bonds. The van der Waals surface area contributed by atoms with Crippen LogP contribution in [0.2, 0.25) is 0 Å². The third kappa shape index (κ3) is 4.67. The molecule has 0 spiro atoms. The summed E-state index contributed by atoms with van der Waals surface area (Å²) in [5, 5.41) is 29.9. The van der Waals surface area contributed by atoms with E-state index in [-0.39, 0.29) is 19.8 Å². The Morgan fingerprint density at radius 1 is 0.769 bits per heavy atom. The van der Waals surface area contributed by atoms with Gasteiger partial charge in [0.2, 0.25) is 0 Å². The third-order valence-electron chi connectivity index (χ3n) is 4.38. The van der Waals surface area contributed by atoms with Crippen LogP contribution in [0.4, 0.5) is 0 Å². The molecule has 5 atom stereocenters. The van der Waals surface area contributed by atoms with E-state index < -0.39 is 30.7 Å². The van der Waals surface area contributed by atoms with Crippen molar-refractivity contribution in [2.45, 2.75) is 43.9 Å². The Bertz CT molecular complexity index is 606. The minimum absolute atomic E-state index is 0.249. The average molecular weight is 360 g/mol. The second-order valence-corrected chi connectivity index (χ2v) is 6.26. The van der Waals surface area contributed by atoms with Gasteiger partial charge >= 0.3 is 0 Å². The van der Waals surface area contributed by atoms with Gasteiger partial charge in [-0.25, -0.2) is 0 Å². The van der Waals surface area contributed by atoms with E-state index in [2.05, 4.69) is 0 Å². The Kier molecular flexibility index (Phi) is 6.73. The average Bonchev–Trinajstić information content (AvgIpc) is 2.69. The fraction of sp³-hybridized carbons (Fsp3) is 0.400. The van der Waals surface area contributed by atoms with Crippen molar-refractivity contribution >= 4 is 0 Å². The number of ether oxygens (including phenoxy) is 3. The van der Waals surface area contributed by atoms with Crippen molar-refractivity contribution in [3.05, 3.63) is 71.8 Å². The van der Waals surface area contributed by atoms with Crippen LogP contribution in [0, 0.1) is 0 Å². The van der Waals surface area contributed by atoms with E-state index in [0.29, 0.717) is 0 Å². The van der Waals surface area contributed by atoms with E-state index in [1.807, 2.05) is 60.7 Å². The maximum absolute atomic E-state index is 10.3. The van der Waals surface area contributed by atoms with Crippen molar-refractivity contribution in [3.8, 4) is 0 Å². The van der Waals surface area contributed by atoms with Gasteiger partial charge < -0.3 is 29.5 Å². The molecule has 3 rings (SSSR count). The number of rotatable bonds is 7. The lowest BCUT2D eigenvalue weighted by Gasteiger charge is -2.42. The standard InChI is InChI=1S/C20H24O6/c21-11-16-18(24-12-14-7-3-1-4-8-14)19(17(22)20(23)26-16)25-13-15-9-5-2-6-10-15/h1-10,16-23H,11-13H2/t16-,17+,18+,19-,20-/m1/s1. The molecule has 1 aliphatic rings. The number of aliphatic hydroxyl groups excluding tert-OH is 3. The Morgan fingerprint density at radius 3 is 1.77 bits per heavy atom. The smallest absolute Gasteiger partial charge is 0.184 e. The topological polar surface area (TPSA) is 88.4 Å². The summed E-state index contributed by atoms with van der Waals surface area (Å²) in [5.74, 6) is 0. The van der Waals surface area contributed by atoms with Crippen LogP contribution in [0.5, 0.6) is 0 Å². The van der Waals surface area contributed by atoms with Crippen molar-refractivity contribution in [1.29, 1.82) is 0 Å². The van der Waals surface area contributed by atoms with Crippen molar-refractivity contribution in [1.82, 2.24) is 0 Å². The van der Waals surface area contributed by atoms with Crippen molar-refractivity contribution in [2.24, 2.45) is 0 Å². The molecule has 6 heteroatoms. The molecule has 0 unspecified atom stereocenters. The first-order valence-corrected chi connectivity index (χ1v) is 8.62. The van der Waals surface area contributed by atoms with Gasteiger partial charge in [0, 0.05) is 0 Å². The minimum atomic E-state index is -1.44. The molecule has 26 heavy (non-hydrogen) atoms. The van der Waals surface area contributed by atoms with Crippen molar-refractivity contribution < 1.29 is 29.5 Å². The van der Waals surface area contributed by atoms with Crippen LogP contribution in [0.1, 0.15) is 11.1 Å². The molecule has 0 aromatic heterocycles. The highest BCUT2D eigenvalue weighted by atomic mass is 16.7. The Labute approximate surface area is 152 Å². The molecule has 1 heterocycles. The molecule has 140 valence electrons. The van der Waals surface area contributed by atoms with Gasteiger partial charge in [-0.2, -0.15) is 0 Å². The monoisotopic (exact) mass is 360 g/mol. The van der Waals surface area contributed by atoms with Gasteiger partial charge in [-0.1, -0.05) is 60.7 Å². The summed E-state index contributed by atoms with van der Waals surface area (Å²) in [6, 6.07) is 19.1. The van der Waals surface area contributed by atoms with E-state index in [1.54, 1.807) is 0 Å². The van der Waals surface area contributed by atoms with Gasteiger partial charge in [-0.3, -0.25) is 0 Å². The lowest BCUT2D eigenvalue weighted by Crippen LogP contribution is -2.60. The van der Waals surface area contributed by atoms with Crippen LogP contribution in [0.15, 0.2) is 60.7 Å². The second kappa shape index (κ2) is 9.23. The second-order valence-electron chi connectivity index (χ2n) is 6.26. The number of benzene rings is 2. The fourth-order valence-electron chi connectivity index (χ4n) is 2.98. The van der Waals surface area contributed by atoms with E-state index in [1.165, 1.54) is 0 Å². The van der Waals surface area contributed by atoms with Gasteiger partial charge in [-0.05, 0) is 11.1 Å². The highest BCUT2D eigenvalue weighted by Crippen LogP contribution is 2.26. The maximum atomic E-state index is 10.3. The third-order valence-corrected chi connectivity index (χ3v) is 4.38. The fourth-order valence-corrected chi connectivity index (χ4v) is 2.98. The van der Waals surface area contributed by atoms with Crippen LogP contribution in [-0.4, -0.2) is 52.6 Å².